The average molecular weight is 203 g/mol. The van der Waals surface area contributed by atoms with E-state index in [0.29, 0.717) is 5.92 Å². The monoisotopic (exact) mass is 203 g/mol. The van der Waals surface area contributed by atoms with Crippen molar-refractivity contribution in [3.63, 3.8) is 0 Å². The van der Waals surface area contributed by atoms with Crippen LogP contribution in [0.5, 0.6) is 0 Å². The molecule has 4 rings (SSSR count). The molecule has 1 amide bonds. The fraction of sp³-hybridized carbons (Fsp3) is 0.769. The lowest BCUT2D eigenvalue weighted by Crippen LogP contribution is -2.36. The smallest absolute Gasteiger partial charge is 0.220 e. The van der Waals surface area contributed by atoms with Crippen LogP contribution in [0.4, 0.5) is 0 Å². The van der Waals surface area contributed by atoms with Crippen LogP contribution in [-0.2, 0) is 4.79 Å². The molecule has 2 heteroatoms. The van der Waals surface area contributed by atoms with E-state index in [-0.39, 0.29) is 11.8 Å². The Bertz CT molecular complexity index is 373. The summed E-state index contributed by atoms with van der Waals surface area (Å²) >= 11 is 0. The van der Waals surface area contributed by atoms with Crippen molar-refractivity contribution in [1.82, 2.24) is 0 Å². The van der Waals surface area contributed by atoms with Gasteiger partial charge in [-0.2, -0.15) is 0 Å². The summed E-state index contributed by atoms with van der Waals surface area (Å²) in [6.45, 7) is 0. The molecule has 6 unspecified atom stereocenters. The molecular formula is C13H17NO. The minimum absolute atomic E-state index is 0.0299. The summed E-state index contributed by atoms with van der Waals surface area (Å²) < 4.78 is 0. The molecule has 0 aromatic rings. The lowest BCUT2D eigenvalue weighted by molar-refractivity contribution is -0.124. The van der Waals surface area contributed by atoms with Crippen LogP contribution in [0.1, 0.15) is 25.7 Å². The zero-order valence-electron chi connectivity index (χ0n) is 8.86. The summed E-state index contributed by atoms with van der Waals surface area (Å²) in [6, 6.07) is 0. The first-order valence-electron chi connectivity index (χ1n) is 6.24. The van der Waals surface area contributed by atoms with Gasteiger partial charge in [0.05, 0.1) is 0 Å². The van der Waals surface area contributed by atoms with Crippen LogP contribution in [0, 0.1) is 35.5 Å². The average Bonchev–Trinajstić information content (AvgIpc) is 2.95. The van der Waals surface area contributed by atoms with Crippen molar-refractivity contribution < 1.29 is 4.79 Å². The largest absolute Gasteiger partial charge is 0.369 e. The molecule has 0 heterocycles. The Hall–Kier alpha value is -0.790. The van der Waals surface area contributed by atoms with Gasteiger partial charge in [-0.05, 0) is 55.3 Å². The quantitative estimate of drug-likeness (QED) is 0.511. The van der Waals surface area contributed by atoms with E-state index in [4.69, 9.17) is 5.73 Å². The molecule has 3 fully saturated rings. The lowest BCUT2D eigenvalue weighted by Gasteiger charge is -2.34. The summed E-state index contributed by atoms with van der Waals surface area (Å²) in [4.78, 5) is 11.4. The molecule has 3 saturated carbocycles. The Morgan fingerprint density at radius 2 is 2.20 bits per heavy atom. The first-order valence-corrected chi connectivity index (χ1v) is 6.24. The first kappa shape index (κ1) is 8.37. The van der Waals surface area contributed by atoms with Crippen molar-refractivity contribution in [3.8, 4) is 0 Å². The molecule has 0 aromatic heterocycles. The van der Waals surface area contributed by atoms with Gasteiger partial charge in [-0.1, -0.05) is 11.6 Å². The maximum atomic E-state index is 11.4. The molecule has 80 valence electrons. The zero-order valence-corrected chi connectivity index (χ0v) is 8.86. The number of nitrogens with two attached hydrogens (primary N) is 1. The van der Waals surface area contributed by atoms with Crippen molar-refractivity contribution in [3.05, 3.63) is 11.6 Å². The highest BCUT2D eigenvalue weighted by Crippen LogP contribution is 2.66. The maximum Gasteiger partial charge on any atom is 0.220 e. The van der Waals surface area contributed by atoms with Crippen LogP contribution in [0.25, 0.3) is 0 Å². The number of amides is 1. The first-order chi connectivity index (χ1) is 7.25. The molecule has 4 bridgehead atoms. The van der Waals surface area contributed by atoms with E-state index in [1.165, 1.54) is 19.3 Å². The van der Waals surface area contributed by atoms with E-state index in [9.17, 15) is 4.79 Å². The Morgan fingerprint density at radius 3 is 3.00 bits per heavy atom. The minimum Gasteiger partial charge on any atom is -0.369 e. The zero-order chi connectivity index (χ0) is 10.2. The summed E-state index contributed by atoms with van der Waals surface area (Å²) in [5.41, 5.74) is 7.25. The van der Waals surface area contributed by atoms with E-state index in [0.717, 1.165) is 30.1 Å². The van der Waals surface area contributed by atoms with Gasteiger partial charge in [0.1, 0.15) is 0 Å². The number of allylic oxidation sites excluding steroid dienone is 2. The minimum atomic E-state index is -0.0299. The van der Waals surface area contributed by atoms with Crippen LogP contribution >= 0.6 is 0 Å². The Labute approximate surface area is 89.9 Å². The third kappa shape index (κ3) is 0.849. The summed E-state index contributed by atoms with van der Waals surface area (Å²) in [6.07, 6.45) is 7.48. The van der Waals surface area contributed by atoms with Gasteiger partial charge in [0, 0.05) is 5.92 Å². The number of primary amides is 1. The molecule has 0 saturated heterocycles. The third-order valence-electron chi connectivity index (χ3n) is 5.58. The summed E-state index contributed by atoms with van der Waals surface area (Å²) in [5, 5.41) is 0. The van der Waals surface area contributed by atoms with Crippen LogP contribution in [0.3, 0.4) is 0 Å². The molecule has 0 spiro atoms. The van der Waals surface area contributed by atoms with E-state index < -0.39 is 0 Å². The van der Waals surface area contributed by atoms with Gasteiger partial charge in [0.25, 0.3) is 0 Å². The molecule has 4 aliphatic rings. The predicted molar refractivity (Wildman–Crippen MR) is 56.7 cm³/mol. The predicted octanol–water partition coefficient (Wildman–Crippen LogP) is 1.71. The van der Waals surface area contributed by atoms with Gasteiger partial charge in [-0.25, -0.2) is 0 Å². The number of carbonyl (C=O) groups excluding carboxylic acids is 1. The highest BCUT2D eigenvalue weighted by Gasteiger charge is 2.60. The molecular weight excluding hydrogens is 186 g/mol. The molecule has 6 atom stereocenters. The molecule has 2 N–H and O–H groups in total. The van der Waals surface area contributed by atoms with Gasteiger partial charge >= 0.3 is 0 Å². The molecule has 0 radical (unpaired) electrons. The second kappa shape index (κ2) is 2.47. The Morgan fingerprint density at radius 1 is 1.33 bits per heavy atom. The number of hydrogen-bond acceptors (Lipinski definition) is 1. The van der Waals surface area contributed by atoms with E-state index in [2.05, 4.69) is 6.08 Å². The molecule has 2 nitrogen and oxygen atoms in total. The normalized spacial score (nSPS) is 54.5. The number of rotatable bonds is 1. The van der Waals surface area contributed by atoms with Crippen LogP contribution < -0.4 is 5.73 Å². The SMILES string of the molecule is NC(=O)C1CC2CC1C1C3CC=C(C3)C21. The van der Waals surface area contributed by atoms with E-state index >= 15 is 0 Å². The van der Waals surface area contributed by atoms with Crippen molar-refractivity contribution in [2.45, 2.75) is 25.7 Å². The van der Waals surface area contributed by atoms with Gasteiger partial charge in [0.2, 0.25) is 5.91 Å². The number of fused-ring (bicyclic) bond motifs is 9. The molecule has 0 aromatic carbocycles. The van der Waals surface area contributed by atoms with Gasteiger partial charge in [0.15, 0.2) is 0 Å². The second-order valence-corrected chi connectivity index (χ2v) is 5.99. The number of carbonyl (C=O) groups is 1. The second-order valence-electron chi connectivity index (χ2n) is 5.99. The topological polar surface area (TPSA) is 43.1 Å². The van der Waals surface area contributed by atoms with Crippen molar-refractivity contribution in [2.75, 3.05) is 0 Å². The van der Waals surface area contributed by atoms with Crippen LogP contribution in [0.2, 0.25) is 0 Å². The molecule has 4 aliphatic carbocycles. The van der Waals surface area contributed by atoms with Crippen LogP contribution in [-0.4, -0.2) is 5.91 Å². The van der Waals surface area contributed by atoms with E-state index in [1.807, 2.05) is 0 Å². The fourth-order valence-corrected chi connectivity index (χ4v) is 5.27. The van der Waals surface area contributed by atoms with Gasteiger partial charge in [-0.3, -0.25) is 4.79 Å². The third-order valence-corrected chi connectivity index (χ3v) is 5.58. The van der Waals surface area contributed by atoms with Gasteiger partial charge in [-0.15, -0.1) is 0 Å². The van der Waals surface area contributed by atoms with Crippen molar-refractivity contribution in [1.29, 1.82) is 0 Å². The highest BCUT2D eigenvalue weighted by molar-refractivity contribution is 5.77. The summed E-state index contributed by atoms with van der Waals surface area (Å²) in [5.74, 6) is 4.21. The van der Waals surface area contributed by atoms with Crippen LogP contribution in [0.15, 0.2) is 11.6 Å². The number of hydrogen-bond donors (Lipinski definition) is 1. The fourth-order valence-electron chi connectivity index (χ4n) is 5.27. The highest BCUT2D eigenvalue weighted by atomic mass is 16.1. The van der Waals surface area contributed by atoms with Crippen molar-refractivity contribution >= 4 is 5.91 Å². The Balaban J connectivity index is 1.72. The molecule has 15 heavy (non-hydrogen) atoms. The summed E-state index contributed by atoms with van der Waals surface area (Å²) in [7, 11) is 0. The lowest BCUT2D eigenvalue weighted by atomic mass is 9.69. The standard InChI is InChI=1S/C13H17NO/c14-13(15)10-5-8-4-9(10)12-7-2-1-6(3-7)11(8)12/h1,7-12H,2-5H2,(H2,14,15). The van der Waals surface area contributed by atoms with Gasteiger partial charge < -0.3 is 5.73 Å². The van der Waals surface area contributed by atoms with E-state index in [1.54, 1.807) is 5.57 Å². The Kier molecular flexibility index (Phi) is 1.38. The van der Waals surface area contributed by atoms with Crippen molar-refractivity contribution in [2.24, 2.45) is 41.2 Å². The maximum absolute atomic E-state index is 11.4. The molecule has 0 aliphatic heterocycles.